The van der Waals surface area contributed by atoms with Crippen LogP contribution < -0.4 is 21.3 Å². The van der Waals surface area contributed by atoms with Crippen molar-refractivity contribution in [2.24, 2.45) is 29.6 Å². The lowest BCUT2D eigenvalue weighted by Crippen LogP contribution is -2.80. The molecule has 11 unspecified atom stereocenters. The Morgan fingerprint density at radius 2 is 1.90 bits per heavy atom. The van der Waals surface area contributed by atoms with Gasteiger partial charge in [-0.05, 0) is 70.3 Å². The first-order valence-corrected chi connectivity index (χ1v) is 16.6. The van der Waals surface area contributed by atoms with Gasteiger partial charge >= 0.3 is 6.03 Å². The number of ether oxygens (including phenoxy) is 1. The predicted octanol–water partition coefficient (Wildman–Crippen LogP) is 3.11. The van der Waals surface area contributed by atoms with Crippen molar-refractivity contribution in [3.63, 3.8) is 0 Å². The number of amides is 2. The highest BCUT2D eigenvalue weighted by Crippen LogP contribution is 2.44. The molecule has 6 rings (SSSR count). The van der Waals surface area contributed by atoms with Crippen molar-refractivity contribution in [3.8, 4) is 0 Å². The molecule has 6 aliphatic rings. The molecule has 8 nitrogen and oxygen atoms in total. The van der Waals surface area contributed by atoms with Crippen LogP contribution >= 0.6 is 11.6 Å². The van der Waals surface area contributed by atoms with E-state index in [2.05, 4.69) is 58.8 Å². The summed E-state index contributed by atoms with van der Waals surface area (Å²) >= 11 is 7.28. The Bertz CT molecular complexity index is 900. The van der Waals surface area contributed by atoms with Crippen LogP contribution in [0.25, 0.3) is 0 Å². The van der Waals surface area contributed by atoms with Crippen LogP contribution in [0.5, 0.6) is 0 Å². The maximum absolute atomic E-state index is 15.8. The van der Waals surface area contributed by atoms with Gasteiger partial charge < -0.3 is 25.6 Å². The topological polar surface area (TPSA) is 80.9 Å². The van der Waals surface area contributed by atoms with Crippen LogP contribution in [-0.2, 0) is 4.74 Å². The van der Waals surface area contributed by atoms with Crippen molar-refractivity contribution in [2.45, 2.75) is 120 Å². The first-order chi connectivity index (χ1) is 19.2. The van der Waals surface area contributed by atoms with Crippen LogP contribution in [0.15, 0.2) is 0 Å². The smallest absolute Gasteiger partial charge is 0.320 e. The number of nitrogens with one attached hydrogen (secondary N) is 4. The number of hydrogen-bond acceptors (Lipinski definition) is 6. The number of piperidine rings is 2. The van der Waals surface area contributed by atoms with Gasteiger partial charge in [-0.2, -0.15) is 0 Å². The molecule has 6 fully saturated rings. The van der Waals surface area contributed by atoms with Gasteiger partial charge in [0.2, 0.25) is 0 Å². The number of carbonyl (C=O) groups is 1. The first kappa shape index (κ1) is 29.4. The molecule has 10 heteroatoms. The van der Waals surface area contributed by atoms with E-state index in [0.29, 0.717) is 43.6 Å². The fourth-order valence-electron chi connectivity index (χ4n) is 9.23. The second kappa shape index (κ2) is 12.1. The Hall–Kier alpha value is -0.710. The van der Waals surface area contributed by atoms with Crippen molar-refractivity contribution in [3.05, 3.63) is 0 Å². The number of fused-ring (bicyclic) bond motifs is 5. The monoisotopic (exact) mass is 582 g/mol. The van der Waals surface area contributed by atoms with E-state index >= 15 is 4.39 Å². The SMILES string of the molecule is CC(C)C1NCCC2CCOCC3CCCC(F)C3C3NC4C(CC3Cl)C(N3C[C@@H](C)NC[C@@H]3C)NC(=O)N4C21. The number of rotatable bonds is 2. The summed E-state index contributed by atoms with van der Waals surface area (Å²) in [7, 11) is 0. The second-order valence-electron chi connectivity index (χ2n) is 14.1. The molecule has 0 aromatic heterocycles. The molecule has 4 N–H and O–H groups in total. The van der Waals surface area contributed by atoms with Gasteiger partial charge in [0.25, 0.3) is 0 Å². The number of alkyl halides is 2. The van der Waals surface area contributed by atoms with E-state index in [1.165, 1.54) is 0 Å². The Morgan fingerprint density at radius 3 is 2.70 bits per heavy atom. The van der Waals surface area contributed by atoms with E-state index < -0.39 is 6.17 Å². The lowest BCUT2D eigenvalue weighted by atomic mass is 9.70. The third-order valence-corrected chi connectivity index (χ3v) is 11.7. The lowest BCUT2D eigenvalue weighted by molar-refractivity contribution is -0.0880. The summed E-state index contributed by atoms with van der Waals surface area (Å²) in [6, 6.07) is 0.691. The standard InChI is InChI=1S/C30H52ClFN6O2/c1-16(2)25-27-19(8-10-33-25)9-11-40-15-20-6-5-7-23(32)24(20)26-22(31)12-21-28(36-30(39)38(27)29(21)35-26)37-14-17(3)34-13-18(37)4/h16-29,33-35H,5-15H2,1-4H3,(H,36,39)/t17-,18+,19?,20?,21?,22?,23?,24?,25?,26?,27?,28?,29?/m1/s1. The second-order valence-corrected chi connectivity index (χ2v) is 14.7. The zero-order chi connectivity index (χ0) is 28.1. The van der Waals surface area contributed by atoms with E-state index in [0.717, 1.165) is 51.7 Å². The zero-order valence-electron chi connectivity index (χ0n) is 24.8. The van der Waals surface area contributed by atoms with Crippen molar-refractivity contribution in [1.82, 2.24) is 31.1 Å². The highest BCUT2D eigenvalue weighted by Gasteiger charge is 2.57. The third kappa shape index (κ3) is 5.41. The van der Waals surface area contributed by atoms with Gasteiger partial charge in [-0.25, -0.2) is 9.18 Å². The Balaban J connectivity index is 1.41. The van der Waals surface area contributed by atoms with Crippen molar-refractivity contribution in [1.29, 1.82) is 0 Å². The van der Waals surface area contributed by atoms with Gasteiger partial charge in [0.1, 0.15) is 6.17 Å². The molecule has 0 aromatic rings. The quantitative estimate of drug-likeness (QED) is 0.375. The summed E-state index contributed by atoms with van der Waals surface area (Å²) in [6.07, 6.45) is 3.99. The largest absolute Gasteiger partial charge is 0.381 e. The molecule has 40 heavy (non-hydrogen) atoms. The minimum absolute atomic E-state index is 0.00299. The molecule has 2 bridgehead atoms. The van der Waals surface area contributed by atoms with E-state index in [9.17, 15) is 4.79 Å². The predicted molar refractivity (Wildman–Crippen MR) is 156 cm³/mol. The van der Waals surface area contributed by atoms with Gasteiger partial charge in [-0.1, -0.05) is 20.3 Å². The van der Waals surface area contributed by atoms with Crippen molar-refractivity contribution in [2.75, 3.05) is 32.8 Å². The fourth-order valence-corrected chi connectivity index (χ4v) is 9.67. The van der Waals surface area contributed by atoms with Gasteiger partial charge in [0.05, 0.1) is 18.4 Å². The van der Waals surface area contributed by atoms with Gasteiger partial charge in [0.15, 0.2) is 0 Å². The maximum atomic E-state index is 15.8. The molecule has 0 spiro atoms. The highest BCUT2D eigenvalue weighted by atomic mass is 35.5. The number of carbonyl (C=O) groups excluding carboxylic acids is 1. The van der Waals surface area contributed by atoms with Crippen LogP contribution in [0.4, 0.5) is 9.18 Å². The van der Waals surface area contributed by atoms with E-state index in [1.807, 2.05) is 0 Å². The molecule has 5 saturated heterocycles. The van der Waals surface area contributed by atoms with Crippen LogP contribution in [0.2, 0.25) is 0 Å². The minimum Gasteiger partial charge on any atom is -0.381 e. The Kier molecular flexibility index (Phi) is 8.90. The molecule has 228 valence electrons. The molecule has 5 aliphatic heterocycles. The normalized spacial score (nSPS) is 48.8. The van der Waals surface area contributed by atoms with Crippen LogP contribution in [0.3, 0.4) is 0 Å². The summed E-state index contributed by atoms with van der Waals surface area (Å²) in [5.41, 5.74) is 0. The van der Waals surface area contributed by atoms with E-state index in [4.69, 9.17) is 16.3 Å². The molecule has 2 amide bonds. The molecule has 0 aromatic carbocycles. The molecule has 13 atom stereocenters. The number of nitrogens with zero attached hydrogens (tertiary/aromatic N) is 2. The molecular formula is C30H52ClFN6O2. The molecule has 5 heterocycles. The number of urea groups is 1. The summed E-state index contributed by atoms with van der Waals surface area (Å²) in [5.74, 6) is 0.790. The summed E-state index contributed by atoms with van der Waals surface area (Å²) in [4.78, 5) is 19.0. The van der Waals surface area contributed by atoms with Gasteiger partial charge in [-0.3, -0.25) is 10.2 Å². The van der Waals surface area contributed by atoms with Crippen LogP contribution in [0.1, 0.15) is 66.2 Å². The zero-order valence-corrected chi connectivity index (χ0v) is 25.6. The third-order valence-electron chi connectivity index (χ3n) is 11.2. The number of halogens is 2. The molecule has 1 aliphatic carbocycles. The van der Waals surface area contributed by atoms with E-state index in [-0.39, 0.29) is 59.6 Å². The molecule has 1 saturated carbocycles. The van der Waals surface area contributed by atoms with Crippen molar-refractivity contribution >= 4 is 17.6 Å². The average Bonchev–Trinajstić information content (AvgIpc) is 2.92. The minimum atomic E-state index is -0.899. The van der Waals surface area contributed by atoms with Gasteiger partial charge in [-0.15, -0.1) is 11.6 Å². The molecular weight excluding hydrogens is 531 g/mol. The summed E-state index contributed by atoms with van der Waals surface area (Å²) in [5, 5.41) is 14.6. The summed E-state index contributed by atoms with van der Waals surface area (Å²) in [6.45, 7) is 13.0. The Morgan fingerprint density at radius 1 is 1.07 bits per heavy atom. The highest BCUT2D eigenvalue weighted by molar-refractivity contribution is 6.21. The van der Waals surface area contributed by atoms with E-state index in [1.54, 1.807) is 0 Å². The van der Waals surface area contributed by atoms with Crippen molar-refractivity contribution < 1.29 is 13.9 Å². The fraction of sp³-hybridized carbons (Fsp3) is 0.967. The molecule has 0 radical (unpaired) electrons. The maximum Gasteiger partial charge on any atom is 0.320 e. The number of piperazine rings is 1. The Labute approximate surface area is 245 Å². The summed E-state index contributed by atoms with van der Waals surface area (Å²) < 4.78 is 22.1. The van der Waals surface area contributed by atoms with Gasteiger partial charge in [0, 0.05) is 67.7 Å². The van der Waals surface area contributed by atoms with Crippen LogP contribution in [0, 0.1) is 29.6 Å². The lowest BCUT2D eigenvalue weighted by Gasteiger charge is -2.60. The van der Waals surface area contributed by atoms with Crippen LogP contribution in [-0.4, -0.2) is 103 Å². The number of hydrogen-bond donors (Lipinski definition) is 4. The average molecular weight is 583 g/mol. The first-order valence-electron chi connectivity index (χ1n) is 16.2.